The van der Waals surface area contributed by atoms with E-state index in [1.54, 1.807) is 18.5 Å². The number of aryl methyl sites for hydroxylation is 2. The van der Waals surface area contributed by atoms with Gasteiger partial charge in [-0.1, -0.05) is 23.2 Å². The van der Waals surface area contributed by atoms with E-state index in [-0.39, 0.29) is 17.5 Å². The molecule has 0 saturated heterocycles. The van der Waals surface area contributed by atoms with Crippen LogP contribution in [0.3, 0.4) is 0 Å². The highest BCUT2D eigenvalue weighted by molar-refractivity contribution is 6.41. The second-order valence-electron chi connectivity index (χ2n) is 5.49. The van der Waals surface area contributed by atoms with Crippen molar-refractivity contribution in [2.45, 2.75) is 32.9 Å². The summed E-state index contributed by atoms with van der Waals surface area (Å²) in [5.74, 6) is -0.471. The number of amides is 1. The van der Waals surface area contributed by atoms with E-state index in [4.69, 9.17) is 27.9 Å². The number of nitrogens with zero attached hydrogens (tertiary/aromatic N) is 5. The summed E-state index contributed by atoms with van der Waals surface area (Å²) in [7, 11) is 1.28. The maximum Gasteiger partial charge on any atom is 0.350 e. The van der Waals surface area contributed by atoms with E-state index in [0.29, 0.717) is 35.4 Å². The molecule has 0 aliphatic heterocycles. The first kappa shape index (κ1) is 20.0. The minimum Gasteiger partial charge on any atom is -0.475 e. The zero-order chi connectivity index (χ0) is 19.4. The topological polar surface area (TPSA) is 117 Å². The van der Waals surface area contributed by atoms with Gasteiger partial charge in [0.15, 0.2) is 0 Å². The molecule has 0 fully saturated rings. The fourth-order valence-electron chi connectivity index (χ4n) is 2.22. The van der Waals surface area contributed by atoms with Crippen LogP contribution in [-0.4, -0.2) is 44.0 Å². The zero-order valence-electron chi connectivity index (χ0n) is 14.4. The summed E-state index contributed by atoms with van der Waals surface area (Å²) < 4.78 is 7.61. The average molecular weight is 405 g/mol. The number of hydrogen-bond donors (Lipinski definition) is 1. The molecule has 2 heterocycles. The number of halogens is 2. The van der Waals surface area contributed by atoms with Crippen LogP contribution in [0.4, 0.5) is 5.69 Å². The Morgan fingerprint density at radius 2 is 2.15 bits per heavy atom. The van der Waals surface area contributed by atoms with Crippen LogP contribution < -0.4 is 10.1 Å². The molecule has 2 rings (SSSR count). The molecule has 142 valence electrons. The van der Waals surface area contributed by atoms with E-state index in [9.17, 15) is 14.9 Å². The first-order valence-corrected chi connectivity index (χ1v) is 8.45. The maximum absolute atomic E-state index is 12.2. The number of carbonyl (C=O) groups is 1. The Labute approximate surface area is 159 Å². The number of nitrogens with one attached hydrogen (secondary N) is 1. The van der Waals surface area contributed by atoms with E-state index in [0.717, 1.165) is 6.20 Å². The van der Waals surface area contributed by atoms with Crippen molar-refractivity contribution in [3.8, 4) is 5.88 Å². The molecule has 2 aromatic heterocycles. The zero-order valence-corrected chi connectivity index (χ0v) is 15.9. The first-order chi connectivity index (χ1) is 12.3. The summed E-state index contributed by atoms with van der Waals surface area (Å²) in [6, 6.07) is -0.734. The lowest BCUT2D eigenvalue weighted by molar-refractivity contribution is -0.385. The van der Waals surface area contributed by atoms with Gasteiger partial charge < -0.3 is 10.1 Å². The molecule has 0 spiro atoms. The molecule has 1 atom stereocenters. The van der Waals surface area contributed by atoms with Crippen molar-refractivity contribution in [1.29, 1.82) is 0 Å². The molecule has 0 aliphatic rings. The van der Waals surface area contributed by atoms with Gasteiger partial charge in [-0.25, -0.2) is 4.68 Å². The minimum absolute atomic E-state index is 0.143. The predicted octanol–water partition coefficient (Wildman–Crippen LogP) is 2.38. The highest BCUT2D eigenvalue weighted by atomic mass is 35.5. The monoisotopic (exact) mass is 404 g/mol. The van der Waals surface area contributed by atoms with E-state index in [1.165, 1.54) is 11.8 Å². The second-order valence-corrected chi connectivity index (χ2v) is 6.23. The third-order valence-corrected chi connectivity index (χ3v) is 4.62. The van der Waals surface area contributed by atoms with Crippen molar-refractivity contribution in [3.05, 3.63) is 32.2 Å². The SMILES string of the molecule is COc1nn(C(C)C(=O)NCCCn2nc(C)c(Cl)c2Cl)cc1[N+](=O)[O-]. The number of ether oxygens (including phenoxy) is 1. The lowest BCUT2D eigenvalue weighted by Gasteiger charge is -2.12. The molecular formula is C14H18Cl2N6O4. The number of nitro groups is 1. The van der Waals surface area contributed by atoms with Gasteiger partial charge in [0.25, 0.3) is 0 Å². The van der Waals surface area contributed by atoms with Gasteiger partial charge in [-0.3, -0.25) is 19.6 Å². The molecule has 1 amide bonds. The molecule has 10 nitrogen and oxygen atoms in total. The van der Waals surface area contributed by atoms with Crippen LogP contribution >= 0.6 is 23.2 Å². The van der Waals surface area contributed by atoms with Gasteiger partial charge in [0, 0.05) is 13.1 Å². The summed E-state index contributed by atoms with van der Waals surface area (Å²) in [6.07, 6.45) is 1.75. The number of aromatic nitrogens is 4. The standard InChI is InChI=1S/C14H18Cl2N6O4/c1-8-11(15)12(16)20(18-8)6-4-5-17-13(23)9(2)21-7-10(22(24)25)14(19-21)26-3/h7,9H,4-6H2,1-3H3,(H,17,23). The Balaban J connectivity index is 1.89. The molecular weight excluding hydrogens is 387 g/mol. The Morgan fingerprint density at radius 3 is 2.65 bits per heavy atom. The number of hydrogen-bond acceptors (Lipinski definition) is 6. The van der Waals surface area contributed by atoms with E-state index in [2.05, 4.69) is 15.5 Å². The van der Waals surface area contributed by atoms with Gasteiger partial charge in [0.1, 0.15) is 22.4 Å². The number of rotatable bonds is 8. The molecule has 1 N–H and O–H groups in total. The molecule has 26 heavy (non-hydrogen) atoms. The largest absolute Gasteiger partial charge is 0.475 e. The highest BCUT2D eigenvalue weighted by Crippen LogP contribution is 2.26. The molecule has 0 bridgehead atoms. The van der Waals surface area contributed by atoms with E-state index < -0.39 is 11.0 Å². The fourth-order valence-corrected chi connectivity index (χ4v) is 2.62. The summed E-state index contributed by atoms with van der Waals surface area (Å²) in [4.78, 5) is 22.5. The lowest BCUT2D eigenvalue weighted by atomic mass is 10.3. The summed E-state index contributed by atoms with van der Waals surface area (Å²) in [6.45, 7) is 4.20. The molecule has 1 unspecified atom stereocenters. The Morgan fingerprint density at radius 1 is 1.46 bits per heavy atom. The normalized spacial score (nSPS) is 12.0. The van der Waals surface area contributed by atoms with Crippen LogP contribution in [0.2, 0.25) is 10.2 Å². The van der Waals surface area contributed by atoms with Crippen molar-refractivity contribution in [2.24, 2.45) is 0 Å². The van der Waals surface area contributed by atoms with Crippen LogP contribution in [0, 0.1) is 17.0 Å². The van der Waals surface area contributed by atoms with Crippen LogP contribution in [-0.2, 0) is 11.3 Å². The second kappa shape index (κ2) is 8.37. The molecule has 0 radical (unpaired) electrons. The van der Waals surface area contributed by atoms with E-state index in [1.807, 2.05) is 0 Å². The van der Waals surface area contributed by atoms with Crippen molar-refractivity contribution < 1.29 is 14.5 Å². The van der Waals surface area contributed by atoms with Gasteiger partial charge in [-0.05, 0) is 20.3 Å². The van der Waals surface area contributed by atoms with Gasteiger partial charge in [-0.15, -0.1) is 5.10 Å². The Hall–Kier alpha value is -2.33. The summed E-state index contributed by atoms with van der Waals surface area (Å²) in [5, 5.41) is 22.6. The summed E-state index contributed by atoms with van der Waals surface area (Å²) in [5.41, 5.74) is 0.344. The minimum atomic E-state index is -0.734. The molecule has 0 aromatic carbocycles. The Bertz CT molecular complexity index is 819. The quantitative estimate of drug-likeness (QED) is 0.409. The third kappa shape index (κ3) is 4.25. The molecule has 0 aliphatic carbocycles. The number of methoxy groups -OCH3 is 1. The van der Waals surface area contributed by atoms with Gasteiger partial charge >= 0.3 is 11.6 Å². The van der Waals surface area contributed by atoms with Gasteiger partial charge in [-0.2, -0.15) is 5.10 Å². The maximum atomic E-state index is 12.2. The van der Waals surface area contributed by atoms with Crippen LogP contribution in [0.5, 0.6) is 5.88 Å². The predicted molar refractivity (Wildman–Crippen MR) is 94.8 cm³/mol. The van der Waals surface area contributed by atoms with E-state index >= 15 is 0 Å². The van der Waals surface area contributed by atoms with Crippen LogP contribution in [0.1, 0.15) is 25.1 Å². The molecule has 12 heteroatoms. The first-order valence-electron chi connectivity index (χ1n) is 7.69. The van der Waals surface area contributed by atoms with Gasteiger partial charge in [0.05, 0.1) is 17.7 Å². The van der Waals surface area contributed by atoms with Gasteiger partial charge in [0.2, 0.25) is 5.91 Å². The fraction of sp³-hybridized carbons (Fsp3) is 0.500. The highest BCUT2D eigenvalue weighted by Gasteiger charge is 2.25. The molecule has 2 aromatic rings. The lowest BCUT2D eigenvalue weighted by Crippen LogP contribution is -2.32. The van der Waals surface area contributed by atoms with Crippen LogP contribution in [0.15, 0.2) is 6.20 Å². The summed E-state index contributed by atoms with van der Waals surface area (Å²) >= 11 is 12.0. The van der Waals surface area contributed by atoms with Crippen LogP contribution in [0.25, 0.3) is 0 Å². The van der Waals surface area contributed by atoms with Crippen molar-refractivity contribution in [2.75, 3.05) is 13.7 Å². The van der Waals surface area contributed by atoms with Crippen molar-refractivity contribution in [1.82, 2.24) is 24.9 Å². The smallest absolute Gasteiger partial charge is 0.350 e. The Kier molecular flexibility index (Phi) is 6.43. The van der Waals surface area contributed by atoms with Crippen molar-refractivity contribution >= 4 is 34.8 Å². The molecule has 0 saturated carbocycles. The average Bonchev–Trinajstić information content (AvgIpc) is 3.15. The third-order valence-electron chi connectivity index (χ3n) is 3.69. The number of carbonyl (C=O) groups excluding carboxylic acids is 1. The van der Waals surface area contributed by atoms with Crippen molar-refractivity contribution in [3.63, 3.8) is 0 Å².